The molecule has 47 heavy (non-hydrogen) atoms. The molecule has 242 valence electrons. The molecule has 5 nitrogen and oxygen atoms in total. The lowest BCUT2D eigenvalue weighted by Crippen LogP contribution is -2.30. The van der Waals surface area contributed by atoms with Gasteiger partial charge in [-0.25, -0.2) is 16.8 Å². The highest BCUT2D eigenvalue weighted by molar-refractivity contribution is 8.13. The minimum absolute atomic E-state index is 0.778. The van der Waals surface area contributed by atoms with E-state index in [0.29, 0.717) is 0 Å². The lowest BCUT2D eigenvalue weighted by atomic mass is 9.83. The van der Waals surface area contributed by atoms with Crippen LogP contribution in [0, 0.1) is 0 Å². The van der Waals surface area contributed by atoms with Gasteiger partial charge in [-0.05, 0) is 73.1 Å². The molecule has 6 aromatic rings. The van der Waals surface area contributed by atoms with Crippen LogP contribution >= 0.6 is 0 Å². The van der Waals surface area contributed by atoms with Crippen LogP contribution in [0.2, 0.25) is 0 Å². The average Bonchev–Trinajstić information content (AvgIpc) is 3.03. The number of fused-ring (bicyclic) bond motifs is 2. The Morgan fingerprint density at radius 1 is 0.426 bits per heavy atom. The molecule has 6 rings (SSSR count). The van der Waals surface area contributed by atoms with Crippen molar-refractivity contribution in [1.29, 1.82) is 0 Å². The molecule has 0 amide bonds. The Hall–Kier alpha value is -4.72. The Morgan fingerprint density at radius 2 is 0.809 bits per heavy atom. The van der Waals surface area contributed by atoms with Crippen molar-refractivity contribution in [3.05, 3.63) is 138 Å². The Labute approximate surface area is 266 Å². The fourth-order valence-corrected chi connectivity index (χ4v) is 6.67. The van der Waals surface area contributed by atoms with Gasteiger partial charge in [0.1, 0.15) is 0 Å². The van der Waals surface area contributed by atoms with Gasteiger partial charge < -0.3 is 4.13 Å². The fraction of sp³-hybridized carbons (Fsp3) is 0.0588. The average molecular weight is 687 g/mol. The molecule has 0 spiro atoms. The van der Waals surface area contributed by atoms with Gasteiger partial charge in [0.2, 0.25) is 0 Å². The third kappa shape index (κ3) is 7.17. The van der Waals surface area contributed by atoms with E-state index < -0.39 is 31.1 Å². The molecule has 6 aromatic carbocycles. The summed E-state index contributed by atoms with van der Waals surface area (Å²) in [6.45, 7) is 0. The van der Waals surface area contributed by atoms with Gasteiger partial charge in [-0.1, -0.05) is 115 Å². The van der Waals surface area contributed by atoms with E-state index in [0.717, 1.165) is 4.13 Å². The summed E-state index contributed by atoms with van der Waals surface area (Å²) in [6.07, 6.45) is 0. The molecule has 0 radical (unpaired) electrons. The van der Waals surface area contributed by atoms with Crippen LogP contribution in [0.1, 0.15) is 0 Å². The minimum atomic E-state index is -6.72. The molecule has 0 fully saturated rings. The second kappa shape index (κ2) is 12.8. The Bertz CT molecular complexity index is 2220. The molecule has 0 saturated heterocycles. The fourth-order valence-electron chi connectivity index (χ4n) is 4.96. The van der Waals surface area contributed by atoms with Crippen molar-refractivity contribution >= 4 is 41.6 Å². The highest BCUT2D eigenvalue weighted by atomic mass is 32.3. The topological polar surface area (TPSA) is 82.4 Å². The molecule has 0 bridgehead atoms. The molecule has 0 aromatic heterocycles. The molecule has 0 aliphatic rings. The number of nitrogens with zero attached hydrogens (tertiary/aromatic N) is 1. The van der Waals surface area contributed by atoms with Crippen molar-refractivity contribution in [3.63, 3.8) is 0 Å². The van der Waals surface area contributed by atoms with E-state index in [1.807, 2.05) is 0 Å². The molecular formula is C34H22F6NO4S2-. The first-order valence-electron chi connectivity index (χ1n) is 13.6. The summed E-state index contributed by atoms with van der Waals surface area (Å²) in [4.78, 5) is 0. The molecular weight excluding hydrogens is 664 g/mol. The summed E-state index contributed by atoms with van der Waals surface area (Å²) >= 11 is 0. The third-order valence-electron chi connectivity index (χ3n) is 7.00. The monoisotopic (exact) mass is 686 g/mol. The SMILES string of the molecule is O=S(=O)([N-]S(=O)(=O)C(F)(F)F)C(F)(F)F.c1ccc(-c2cc3cc4ccccc4cc3c(-c3ccccc3)c2-c2ccccc2)cc1. The highest BCUT2D eigenvalue weighted by Gasteiger charge is 2.47. The first-order valence-corrected chi connectivity index (χ1v) is 16.5. The van der Waals surface area contributed by atoms with E-state index >= 15 is 0 Å². The van der Waals surface area contributed by atoms with Crippen LogP contribution < -0.4 is 0 Å². The zero-order valence-electron chi connectivity index (χ0n) is 23.9. The summed E-state index contributed by atoms with van der Waals surface area (Å²) in [5.41, 5.74) is -4.86. The second-order valence-electron chi connectivity index (χ2n) is 10.1. The normalized spacial score (nSPS) is 12.5. The lowest BCUT2D eigenvalue weighted by Gasteiger charge is -2.22. The lowest BCUT2D eigenvalue weighted by molar-refractivity contribution is -0.0444. The van der Waals surface area contributed by atoms with Crippen LogP contribution in [0.4, 0.5) is 26.3 Å². The van der Waals surface area contributed by atoms with Gasteiger partial charge in [-0.15, -0.1) is 0 Å². The van der Waals surface area contributed by atoms with Crippen molar-refractivity contribution in [1.82, 2.24) is 0 Å². The largest absolute Gasteiger partial charge is 0.480 e. The van der Waals surface area contributed by atoms with Gasteiger partial charge in [0, 0.05) is 0 Å². The van der Waals surface area contributed by atoms with Crippen molar-refractivity contribution in [2.45, 2.75) is 11.0 Å². The number of benzene rings is 6. The Kier molecular flexibility index (Phi) is 9.18. The number of hydrogen-bond donors (Lipinski definition) is 0. The first kappa shape index (κ1) is 33.6. The van der Waals surface area contributed by atoms with Crippen molar-refractivity contribution < 1.29 is 43.2 Å². The molecule has 0 saturated carbocycles. The maximum Gasteiger partial charge on any atom is 0.480 e. The van der Waals surface area contributed by atoms with Gasteiger partial charge >= 0.3 is 11.0 Å². The maximum atomic E-state index is 11.4. The number of alkyl halides is 6. The Morgan fingerprint density at radius 3 is 1.26 bits per heavy atom. The van der Waals surface area contributed by atoms with Crippen molar-refractivity contribution in [2.24, 2.45) is 0 Å². The summed E-state index contributed by atoms with van der Waals surface area (Å²) in [7, 11) is -13.4. The molecule has 0 N–H and O–H groups in total. The Balaban J connectivity index is 0.000000247. The smallest absolute Gasteiger partial charge is 0.421 e. The number of hydrogen-bond acceptors (Lipinski definition) is 4. The van der Waals surface area contributed by atoms with Gasteiger partial charge in [-0.2, -0.15) is 26.3 Å². The quantitative estimate of drug-likeness (QED) is 0.134. The molecule has 0 aliphatic heterocycles. The summed E-state index contributed by atoms with van der Waals surface area (Å²) in [5, 5.41) is 5.09. The predicted molar refractivity (Wildman–Crippen MR) is 171 cm³/mol. The van der Waals surface area contributed by atoms with Crippen LogP contribution in [-0.4, -0.2) is 27.9 Å². The van der Waals surface area contributed by atoms with Gasteiger partial charge in [0.25, 0.3) is 0 Å². The van der Waals surface area contributed by atoms with E-state index in [1.54, 1.807) is 0 Å². The summed E-state index contributed by atoms with van der Waals surface area (Å²) in [5.74, 6) is 0. The zero-order valence-corrected chi connectivity index (χ0v) is 25.5. The van der Waals surface area contributed by atoms with E-state index in [-0.39, 0.29) is 0 Å². The maximum absolute atomic E-state index is 11.4. The molecule has 0 unspecified atom stereocenters. The van der Waals surface area contributed by atoms with Crippen LogP contribution in [0.5, 0.6) is 0 Å². The van der Waals surface area contributed by atoms with Crippen LogP contribution in [0.15, 0.2) is 133 Å². The van der Waals surface area contributed by atoms with Crippen LogP contribution in [0.25, 0.3) is 59.1 Å². The number of rotatable bonds is 5. The van der Waals surface area contributed by atoms with Crippen molar-refractivity contribution in [2.75, 3.05) is 0 Å². The zero-order chi connectivity index (χ0) is 34.0. The summed E-state index contributed by atoms with van der Waals surface area (Å²) in [6, 6.07) is 48.0. The number of sulfonamides is 2. The van der Waals surface area contributed by atoms with E-state index in [4.69, 9.17) is 0 Å². The number of halogens is 6. The second-order valence-corrected chi connectivity index (χ2v) is 13.5. The highest BCUT2D eigenvalue weighted by Crippen LogP contribution is 2.45. The van der Waals surface area contributed by atoms with E-state index in [1.165, 1.54) is 54.9 Å². The molecule has 0 aliphatic carbocycles. The standard InChI is InChI=1S/C32H22.C2F6NO4S2/c1-4-12-23(13-5-1)29-22-28-20-26-18-10-11-19-27(26)21-30(28)32(25-16-8-3-9-17-25)31(29)24-14-6-2-7-15-24;3-1(4,5)14(10,11)9-15(12,13)2(6,7)8/h1-22H;/q;-1. The molecule has 13 heteroatoms. The van der Waals surface area contributed by atoms with E-state index in [9.17, 15) is 43.2 Å². The van der Waals surface area contributed by atoms with Crippen molar-refractivity contribution in [3.8, 4) is 33.4 Å². The van der Waals surface area contributed by atoms with Crippen LogP contribution in [-0.2, 0) is 20.0 Å². The van der Waals surface area contributed by atoms with Crippen LogP contribution in [0.3, 0.4) is 0 Å². The predicted octanol–water partition coefficient (Wildman–Crippen LogP) is 10.1. The first-order chi connectivity index (χ1) is 22.1. The third-order valence-corrected chi connectivity index (χ3v) is 9.74. The van der Waals surface area contributed by atoms with E-state index in [2.05, 4.69) is 133 Å². The van der Waals surface area contributed by atoms with Gasteiger partial charge in [-0.3, -0.25) is 0 Å². The minimum Gasteiger partial charge on any atom is -0.421 e. The molecule has 0 heterocycles. The molecule has 0 atom stereocenters. The van der Waals surface area contributed by atoms with Gasteiger partial charge in [0.05, 0.1) is 0 Å². The summed E-state index contributed by atoms with van der Waals surface area (Å²) < 4.78 is 109. The van der Waals surface area contributed by atoms with Gasteiger partial charge in [0.15, 0.2) is 20.0 Å².